The maximum absolute atomic E-state index is 5.28. The van der Waals surface area contributed by atoms with Crippen LogP contribution in [0.1, 0.15) is 18.9 Å². The molecule has 0 radical (unpaired) electrons. The van der Waals surface area contributed by atoms with E-state index in [4.69, 9.17) is 5.84 Å². The molecule has 0 aliphatic carbocycles. The van der Waals surface area contributed by atoms with Crippen molar-refractivity contribution in [2.24, 2.45) is 10.9 Å². The fourth-order valence-corrected chi connectivity index (χ4v) is 2.35. The Labute approximate surface area is 94.5 Å². The second kappa shape index (κ2) is 4.77. The number of rotatable bonds is 2. The number of hydrazone groups is 1. The monoisotopic (exact) mass is 304 g/mol. The van der Waals surface area contributed by atoms with Gasteiger partial charge in [0.05, 0.1) is 5.71 Å². The lowest BCUT2D eigenvalue weighted by atomic mass is 10.1. The lowest BCUT2D eigenvalue weighted by Gasteiger charge is -2.05. The predicted octanol–water partition coefficient (Wildman–Crippen LogP) is 3.28. The van der Waals surface area contributed by atoms with Gasteiger partial charge in [-0.1, -0.05) is 44.8 Å². The number of hydrogen-bond acceptors (Lipinski definition) is 2. The van der Waals surface area contributed by atoms with Crippen LogP contribution < -0.4 is 5.84 Å². The molecule has 0 bridgehead atoms. The average Bonchev–Trinajstić information content (AvgIpc) is 2.10. The van der Waals surface area contributed by atoms with Crippen LogP contribution in [0.5, 0.6) is 0 Å². The van der Waals surface area contributed by atoms with Gasteiger partial charge in [-0.2, -0.15) is 5.10 Å². The van der Waals surface area contributed by atoms with Gasteiger partial charge in [-0.25, -0.2) is 0 Å². The average molecular weight is 306 g/mol. The van der Waals surface area contributed by atoms with Crippen LogP contribution in [-0.4, -0.2) is 5.71 Å². The molecule has 1 aromatic carbocycles. The number of nitrogens with two attached hydrogens (primary N) is 1. The van der Waals surface area contributed by atoms with Gasteiger partial charge < -0.3 is 5.84 Å². The molecular weight excluding hydrogens is 296 g/mol. The van der Waals surface area contributed by atoms with Crippen molar-refractivity contribution in [3.05, 3.63) is 32.7 Å². The maximum Gasteiger partial charge on any atom is 0.0681 e. The van der Waals surface area contributed by atoms with Crippen molar-refractivity contribution in [1.82, 2.24) is 0 Å². The minimum atomic E-state index is 0.830. The van der Waals surface area contributed by atoms with Gasteiger partial charge in [-0.15, -0.1) is 0 Å². The van der Waals surface area contributed by atoms with Crippen molar-refractivity contribution in [3.63, 3.8) is 0 Å². The van der Waals surface area contributed by atoms with Gasteiger partial charge in [0, 0.05) is 14.5 Å². The van der Waals surface area contributed by atoms with E-state index >= 15 is 0 Å². The zero-order valence-electron chi connectivity index (χ0n) is 7.22. The third-order valence-electron chi connectivity index (χ3n) is 1.73. The lowest BCUT2D eigenvalue weighted by molar-refractivity contribution is 1.17. The van der Waals surface area contributed by atoms with E-state index in [0.717, 1.165) is 26.6 Å². The zero-order chi connectivity index (χ0) is 9.84. The van der Waals surface area contributed by atoms with Crippen molar-refractivity contribution < 1.29 is 0 Å². The summed E-state index contributed by atoms with van der Waals surface area (Å²) in [4.78, 5) is 0. The van der Waals surface area contributed by atoms with E-state index in [9.17, 15) is 0 Å². The van der Waals surface area contributed by atoms with Gasteiger partial charge in [0.25, 0.3) is 0 Å². The van der Waals surface area contributed by atoms with Crippen LogP contribution in [0.25, 0.3) is 0 Å². The van der Waals surface area contributed by atoms with E-state index in [1.165, 1.54) is 0 Å². The fourth-order valence-electron chi connectivity index (χ4n) is 1.07. The Morgan fingerprint density at radius 1 is 1.46 bits per heavy atom. The standard InChI is InChI=1S/C9H10Br2N2/c1-2-9(13-12)7-4-3-6(10)5-8(7)11/h3-5H,2,12H2,1H3/b13-9+. The largest absolute Gasteiger partial charge is 0.323 e. The molecule has 70 valence electrons. The van der Waals surface area contributed by atoms with Gasteiger partial charge in [0.2, 0.25) is 0 Å². The molecule has 13 heavy (non-hydrogen) atoms. The molecule has 0 saturated carbocycles. The Bertz CT molecular complexity index is 334. The predicted molar refractivity (Wildman–Crippen MR) is 62.9 cm³/mol. The molecule has 0 amide bonds. The molecule has 0 fully saturated rings. The molecule has 0 aliphatic heterocycles. The summed E-state index contributed by atoms with van der Waals surface area (Å²) in [6.07, 6.45) is 0.830. The molecule has 0 spiro atoms. The molecule has 0 heterocycles. The summed E-state index contributed by atoms with van der Waals surface area (Å²) in [6, 6.07) is 5.94. The molecule has 2 nitrogen and oxygen atoms in total. The summed E-state index contributed by atoms with van der Waals surface area (Å²) >= 11 is 6.85. The van der Waals surface area contributed by atoms with Gasteiger partial charge in [0.1, 0.15) is 0 Å². The van der Waals surface area contributed by atoms with E-state index < -0.39 is 0 Å². The highest BCUT2D eigenvalue weighted by Gasteiger charge is 2.05. The summed E-state index contributed by atoms with van der Waals surface area (Å²) in [5, 5.41) is 3.74. The highest BCUT2D eigenvalue weighted by atomic mass is 79.9. The van der Waals surface area contributed by atoms with Crippen LogP contribution in [0.15, 0.2) is 32.2 Å². The van der Waals surface area contributed by atoms with E-state index in [0.29, 0.717) is 0 Å². The van der Waals surface area contributed by atoms with Crippen molar-refractivity contribution >= 4 is 37.6 Å². The summed E-state index contributed by atoms with van der Waals surface area (Å²) in [5.41, 5.74) is 1.95. The minimum Gasteiger partial charge on any atom is -0.323 e. The number of halogens is 2. The summed E-state index contributed by atoms with van der Waals surface area (Å²) < 4.78 is 2.04. The van der Waals surface area contributed by atoms with E-state index in [-0.39, 0.29) is 0 Å². The molecule has 0 atom stereocenters. The Morgan fingerprint density at radius 3 is 2.62 bits per heavy atom. The Kier molecular flexibility index (Phi) is 3.93. The third-order valence-corrected chi connectivity index (χ3v) is 2.88. The number of nitrogens with zero attached hydrogens (tertiary/aromatic N) is 1. The van der Waals surface area contributed by atoms with Gasteiger partial charge in [-0.3, -0.25) is 0 Å². The second-order valence-electron chi connectivity index (χ2n) is 2.55. The van der Waals surface area contributed by atoms with Crippen LogP contribution in [0.3, 0.4) is 0 Å². The summed E-state index contributed by atoms with van der Waals surface area (Å²) in [6.45, 7) is 2.03. The van der Waals surface area contributed by atoms with Crippen LogP contribution in [0, 0.1) is 0 Å². The van der Waals surface area contributed by atoms with E-state index in [1.807, 2.05) is 25.1 Å². The normalized spacial score (nSPS) is 11.8. The van der Waals surface area contributed by atoms with Crippen LogP contribution in [-0.2, 0) is 0 Å². The van der Waals surface area contributed by atoms with Crippen LogP contribution in [0.4, 0.5) is 0 Å². The highest BCUT2D eigenvalue weighted by molar-refractivity contribution is 9.11. The maximum atomic E-state index is 5.28. The molecule has 0 unspecified atom stereocenters. The fraction of sp³-hybridized carbons (Fsp3) is 0.222. The quantitative estimate of drug-likeness (QED) is 0.508. The Balaban J connectivity index is 3.15. The molecule has 1 aromatic rings. The molecular formula is C9H10Br2N2. The van der Waals surface area contributed by atoms with E-state index in [2.05, 4.69) is 37.0 Å². The van der Waals surface area contributed by atoms with Crippen molar-refractivity contribution in [1.29, 1.82) is 0 Å². The lowest BCUT2D eigenvalue weighted by Crippen LogP contribution is -2.03. The SMILES string of the molecule is CC/C(=N\N)c1ccc(Br)cc1Br. The number of benzene rings is 1. The second-order valence-corrected chi connectivity index (χ2v) is 4.32. The van der Waals surface area contributed by atoms with Crippen molar-refractivity contribution in [3.8, 4) is 0 Å². The Morgan fingerprint density at radius 2 is 2.15 bits per heavy atom. The summed E-state index contributed by atoms with van der Waals surface area (Å²) in [5.74, 6) is 5.28. The first-order valence-electron chi connectivity index (χ1n) is 3.91. The summed E-state index contributed by atoms with van der Waals surface area (Å²) in [7, 11) is 0. The molecule has 4 heteroatoms. The topological polar surface area (TPSA) is 38.4 Å². The van der Waals surface area contributed by atoms with Gasteiger partial charge in [0.15, 0.2) is 0 Å². The highest BCUT2D eigenvalue weighted by Crippen LogP contribution is 2.23. The smallest absolute Gasteiger partial charge is 0.0681 e. The molecule has 0 saturated heterocycles. The van der Waals surface area contributed by atoms with Crippen LogP contribution >= 0.6 is 31.9 Å². The molecule has 1 rings (SSSR count). The molecule has 0 aliphatic rings. The minimum absolute atomic E-state index is 0.830. The van der Waals surface area contributed by atoms with Crippen molar-refractivity contribution in [2.45, 2.75) is 13.3 Å². The van der Waals surface area contributed by atoms with Gasteiger partial charge in [-0.05, 0) is 18.6 Å². The first-order chi connectivity index (χ1) is 6.19. The first kappa shape index (κ1) is 10.7. The number of hydrogen-bond donors (Lipinski definition) is 1. The Hall–Kier alpha value is -0.350. The van der Waals surface area contributed by atoms with Gasteiger partial charge >= 0.3 is 0 Å². The zero-order valence-corrected chi connectivity index (χ0v) is 10.4. The first-order valence-corrected chi connectivity index (χ1v) is 5.49. The molecule has 2 N–H and O–H groups in total. The molecule has 0 aromatic heterocycles. The van der Waals surface area contributed by atoms with E-state index in [1.54, 1.807) is 0 Å². The van der Waals surface area contributed by atoms with Crippen molar-refractivity contribution in [2.75, 3.05) is 0 Å². The van der Waals surface area contributed by atoms with Crippen LogP contribution in [0.2, 0.25) is 0 Å². The third kappa shape index (κ3) is 2.54.